The van der Waals surface area contributed by atoms with Crippen LogP contribution in [-0.2, 0) is 11.3 Å². The Bertz CT molecular complexity index is 621. The maximum atomic E-state index is 12.4. The van der Waals surface area contributed by atoms with Gasteiger partial charge < -0.3 is 21.3 Å². The van der Waals surface area contributed by atoms with E-state index in [-0.39, 0.29) is 36.4 Å². The van der Waals surface area contributed by atoms with Crippen molar-refractivity contribution in [2.75, 3.05) is 5.32 Å². The van der Waals surface area contributed by atoms with Crippen molar-refractivity contribution in [1.29, 1.82) is 0 Å². The van der Waals surface area contributed by atoms with E-state index in [0.29, 0.717) is 18.5 Å². The molecule has 1 aromatic rings. The molecular formula is C20H31ClN4O2. The van der Waals surface area contributed by atoms with Gasteiger partial charge in [0.2, 0.25) is 5.91 Å². The molecule has 2 aliphatic rings. The highest BCUT2D eigenvalue weighted by molar-refractivity contribution is 5.89. The Morgan fingerprint density at radius 3 is 2.52 bits per heavy atom. The molecule has 3 unspecified atom stereocenters. The molecule has 3 atom stereocenters. The summed E-state index contributed by atoms with van der Waals surface area (Å²) in [5.74, 6) is 0.764. The number of urea groups is 1. The molecule has 3 amide bonds. The zero-order chi connectivity index (χ0) is 18.5. The fourth-order valence-electron chi connectivity index (χ4n) is 3.97. The first-order valence-electron chi connectivity index (χ1n) is 9.71. The summed E-state index contributed by atoms with van der Waals surface area (Å²) in [4.78, 5) is 24.1. The number of carbonyl (C=O) groups is 2. The van der Waals surface area contributed by atoms with Crippen molar-refractivity contribution in [3.8, 4) is 0 Å². The Kier molecular flexibility index (Phi) is 7.92. The molecule has 0 spiro atoms. The number of hydrogen-bond acceptors (Lipinski definition) is 3. The fourth-order valence-corrected chi connectivity index (χ4v) is 3.97. The molecule has 1 aliphatic carbocycles. The first-order valence-corrected chi connectivity index (χ1v) is 9.71. The van der Waals surface area contributed by atoms with Crippen LogP contribution in [0, 0.1) is 5.92 Å². The van der Waals surface area contributed by atoms with Gasteiger partial charge in [0.25, 0.3) is 0 Å². The molecule has 150 valence electrons. The minimum atomic E-state index is -0.213. The van der Waals surface area contributed by atoms with Crippen molar-refractivity contribution >= 4 is 30.0 Å². The summed E-state index contributed by atoms with van der Waals surface area (Å²) in [6.07, 6.45) is 5.99. The average Bonchev–Trinajstić information content (AvgIpc) is 3.04. The lowest BCUT2D eigenvalue weighted by Crippen LogP contribution is -2.42. The van der Waals surface area contributed by atoms with Gasteiger partial charge in [-0.05, 0) is 56.7 Å². The number of nitrogens with one attached hydrogen (secondary N) is 4. The van der Waals surface area contributed by atoms with Crippen LogP contribution in [0.3, 0.4) is 0 Å². The van der Waals surface area contributed by atoms with Crippen LogP contribution >= 0.6 is 12.4 Å². The molecule has 1 aromatic carbocycles. The average molecular weight is 395 g/mol. The third-order valence-electron chi connectivity index (χ3n) is 5.28. The standard InChI is InChI=1S/C20H30N4O2.ClH/c1-13(2)22-20(26)23-16-9-7-14(8-10-16)12-21-19(25)18-11-15-5-3-4-6-17(15)24-18;/h7-10,13,15,17-18,24H,3-6,11-12H2,1-2H3,(H,21,25)(H2,22,23,26);1H. The molecule has 2 fully saturated rings. The molecule has 7 heteroatoms. The van der Waals surface area contributed by atoms with Crippen LogP contribution in [0.2, 0.25) is 0 Å². The predicted octanol–water partition coefficient (Wildman–Crippen LogP) is 3.18. The summed E-state index contributed by atoms with van der Waals surface area (Å²) < 4.78 is 0. The Labute approximate surface area is 167 Å². The van der Waals surface area contributed by atoms with E-state index in [1.54, 1.807) is 0 Å². The van der Waals surface area contributed by atoms with Crippen LogP contribution in [-0.4, -0.2) is 30.1 Å². The molecule has 3 rings (SSSR count). The highest BCUT2D eigenvalue weighted by Gasteiger charge is 2.37. The van der Waals surface area contributed by atoms with Crippen molar-refractivity contribution in [3.63, 3.8) is 0 Å². The molecule has 1 saturated heterocycles. The Morgan fingerprint density at radius 2 is 1.85 bits per heavy atom. The lowest BCUT2D eigenvalue weighted by molar-refractivity contribution is -0.123. The highest BCUT2D eigenvalue weighted by Crippen LogP contribution is 2.33. The van der Waals surface area contributed by atoms with E-state index >= 15 is 0 Å². The Hall–Kier alpha value is -1.79. The number of hydrogen-bond donors (Lipinski definition) is 4. The second kappa shape index (κ2) is 9.95. The van der Waals surface area contributed by atoms with Crippen molar-refractivity contribution in [2.45, 2.75) is 70.6 Å². The lowest BCUT2D eigenvalue weighted by Gasteiger charge is -2.24. The second-order valence-electron chi connectivity index (χ2n) is 7.77. The van der Waals surface area contributed by atoms with Gasteiger partial charge in [0, 0.05) is 24.3 Å². The second-order valence-corrected chi connectivity index (χ2v) is 7.77. The minimum absolute atomic E-state index is 0. The van der Waals surface area contributed by atoms with Gasteiger partial charge in [-0.25, -0.2) is 4.79 Å². The van der Waals surface area contributed by atoms with Crippen molar-refractivity contribution in [1.82, 2.24) is 16.0 Å². The van der Waals surface area contributed by atoms with Gasteiger partial charge in [-0.3, -0.25) is 4.79 Å². The number of rotatable bonds is 5. The van der Waals surface area contributed by atoms with Crippen molar-refractivity contribution < 1.29 is 9.59 Å². The maximum absolute atomic E-state index is 12.4. The quantitative estimate of drug-likeness (QED) is 0.619. The lowest BCUT2D eigenvalue weighted by atomic mass is 9.85. The molecular weight excluding hydrogens is 364 g/mol. The molecule has 0 aromatic heterocycles. The van der Waals surface area contributed by atoms with Gasteiger partial charge in [0.05, 0.1) is 6.04 Å². The summed E-state index contributed by atoms with van der Waals surface area (Å²) in [5, 5.41) is 12.1. The first-order chi connectivity index (χ1) is 12.5. The van der Waals surface area contributed by atoms with Gasteiger partial charge in [-0.2, -0.15) is 0 Å². The number of amides is 3. The van der Waals surface area contributed by atoms with Crippen LogP contribution < -0.4 is 21.3 Å². The van der Waals surface area contributed by atoms with Gasteiger partial charge in [-0.15, -0.1) is 12.4 Å². The number of fused-ring (bicyclic) bond motifs is 1. The first kappa shape index (κ1) is 21.5. The van der Waals surface area contributed by atoms with E-state index in [4.69, 9.17) is 0 Å². The Morgan fingerprint density at radius 1 is 1.15 bits per heavy atom. The normalized spacial score (nSPS) is 23.9. The third kappa shape index (κ3) is 6.11. The molecule has 4 N–H and O–H groups in total. The van der Waals surface area contributed by atoms with Crippen LogP contribution in [0.1, 0.15) is 51.5 Å². The van der Waals surface area contributed by atoms with E-state index < -0.39 is 0 Å². The topological polar surface area (TPSA) is 82.3 Å². The number of anilines is 1. The number of benzene rings is 1. The highest BCUT2D eigenvalue weighted by atomic mass is 35.5. The summed E-state index contributed by atoms with van der Waals surface area (Å²) in [7, 11) is 0. The van der Waals surface area contributed by atoms with Gasteiger partial charge >= 0.3 is 6.03 Å². The summed E-state index contributed by atoms with van der Waals surface area (Å²) in [6, 6.07) is 7.91. The van der Waals surface area contributed by atoms with E-state index in [2.05, 4.69) is 21.3 Å². The van der Waals surface area contributed by atoms with Crippen LogP contribution in [0.4, 0.5) is 10.5 Å². The fraction of sp³-hybridized carbons (Fsp3) is 0.600. The van der Waals surface area contributed by atoms with Crippen molar-refractivity contribution in [2.24, 2.45) is 5.92 Å². The Balaban J connectivity index is 0.00000261. The van der Waals surface area contributed by atoms with E-state index in [1.807, 2.05) is 38.1 Å². The van der Waals surface area contributed by atoms with Gasteiger partial charge in [0.15, 0.2) is 0 Å². The summed E-state index contributed by atoms with van der Waals surface area (Å²) in [6.45, 7) is 4.34. The molecule has 6 nitrogen and oxygen atoms in total. The van der Waals surface area contributed by atoms with E-state index in [0.717, 1.165) is 17.7 Å². The monoisotopic (exact) mass is 394 g/mol. The molecule has 1 saturated carbocycles. The minimum Gasteiger partial charge on any atom is -0.351 e. The number of carbonyl (C=O) groups excluding carboxylic acids is 2. The summed E-state index contributed by atoms with van der Waals surface area (Å²) >= 11 is 0. The molecule has 27 heavy (non-hydrogen) atoms. The van der Waals surface area contributed by atoms with E-state index in [1.165, 1.54) is 25.7 Å². The number of halogens is 1. The SMILES string of the molecule is CC(C)NC(=O)Nc1ccc(CNC(=O)C2CC3CCCCC3N2)cc1.Cl. The van der Waals surface area contributed by atoms with Crippen LogP contribution in [0.5, 0.6) is 0 Å². The van der Waals surface area contributed by atoms with Crippen LogP contribution in [0.15, 0.2) is 24.3 Å². The maximum Gasteiger partial charge on any atom is 0.319 e. The zero-order valence-corrected chi connectivity index (χ0v) is 16.9. The summed E-state index contributed by atoms with van der Waals surface area (Å²) in [5.41, 5.74) is 1.75. The molecule has 1 aliphatic heterocycles. The molecule has 1 heterocycles. The molecule has 0 radical (unpaired) electrons. The largest absolute Gasteiger partial charge is 0.351 e. The van der Waals surface area contributed by atoms with Gasteiger partial charge in [0.1, 0.15) is 0 Å². The zero-order valence-electron chi connectivity index (χ0n) is 16.1. The predicted molar refractivity (Wildman–Crippen MR) is 110 cm³/mol. The van der Waals surface area contributed by atoms with Gasteiger partial charge in [-0.1, -0.05) is 25.0 Å². The van der Waals surface area contributed by atoms with E-state index in [9.17, 15) is 9.59 Å². The van der Waals surface area contributed by atoms with Crippen LogP contribution in [0.25, 0.3) is 0 Å². The third-order valence-corrected chi connectivity index (χ3v) is 5.28. The molecule has 0 bridgehead atoms. The van der Waals surface area contributed by atoms with Crippen molar-refractivity contribution in [3.05, 3.63) is 29.8 Å². The smallest absolute Gasteiger partial charge is 0.319 e.